The molecule has 0 aliphatic carbocycles. The molecule has 2 aliphatic heterocycles. The lowest BCUT2D eigenvalue weighted by atomic mass is 9.97. The largest absolute Gasteiger partial charge is 0.371 e. The van der Waals surface area contributed by atoms with E-state index >= 15 is 0 Å². The SMILES string of the molecule is N#Cc1cccc(N[C@@H]2CO[C@]3(CCN(Cc4ccccn4)C3)C2)n1. The number of hydrogen-bond donors (Lipinski definition) is 1. The summed E-state index contributed by atoms with van der Waals surface area (Å²) in [5, 5.41) is 12.4. The molecule has 2 fully saturated rings. The second kappa shape index (κ2) is 6.79. The van der Waals surface area contributed by atoms with Gasteiger partial charge in [-0.2, -0.15) is 5.26 Å². The molecular weight excluding hydrogens is 314 g/mol. The van der Waals surface area contributed by atoms with Crippen molar-refractivity contribution in [3.8, 4) is 6.07 Å². The Hall–Kier alpha value is -2.49. The summed E-state index contributed by atoms with van der Waals surface area (Å²) in [6.07, 6.45) is 3.85. The molecular formula is C19H21N5O. The zero-order valence-electron chi connectivity index (χ0n) is 14.1. The molecule has 1 spiro atoms. The van der Waals surface area contributed by atoms with Gasteiger partial charge in [-0.1, -0.05) is 12.1 Å². The number of rotatable bonds is 4. The van der Waals surface area contributed by atoms with Gasteiger partial charge in [0.25, 0.3) is 0 Å². The molecule has 2 atom stereocenters. The number of nitrogens with zero attached hydrogens (tertiary/aromatic N) is 4. The van der Waals surface area contributed by atoms with Crippen LogP contribution in [0.1, 0.15) is 24.2 Å². The predicted octanol–water partition coefficient (Wildman–Crippen LogP) is 2.19. The zero-order valence-corrected chi connectivity index (χ0v) is 14.1. The van der Waals surface area contributed by atoms with Crippen molar-refractivity contribution in [1.82, 2.24) is 14.9 Å². The Morgan fingerprint density at radius 3 is 3.12 bits per heavy atom. The van der Waals surface area contributed by atoms with Gasteiger partial charge in [-0.25, -0.2) is 4.98 Å². The number of nitriles is 1. The molecule has 6 heteroatoms. The van der Waals surface area contributed by atoms with E-state index < -0.39 is 0 Å². The molecule has 4 rings (SSSR count). The summed E-state index contributed by atoms with van der Waals surface area (Å²) in [7, 11) is 0. The molecule has 6 nitrogen and oxygen atoms in total. The molecule has 1 N–H and O–H groups in total. The monoisotopic (exact) mass is 335 g/mol. The maximum atomic E-state index is 8.97. The Labute approximate surface area is 147 Å². The summed E-state index contributed by atoms with van der Waals surface area (Å²) in [6.45, 7) is 3.52. The van der Waals surface area contributed by atoms with Crippen LogP contribution in [0.2, 0.25) is 0 Å². The highest BCUT2D eigenvalue weighted by atomic mass is 16.5. The molecule has 4 heterocycles. The van der Waals surface area contributed by atoms with Crippen molar-refractivity contribution in [2.75, 3.05) is 25.0 Å². The van der Waals surface area contributed by atoms with Crippen LogP contribution >= 0.6 is 0 Å². The van der Waals surface area contributed by atoms with E-state index in [4.69, 9.17) is 10.00 Å². The molecule has 2 aromatic heterocycles. The first-order valence-electron chi connectivity index (χ1n) is 8.65. The van der Waals surface area contributed by atoms with E-state index in [0.29, 0.717) is 12.3 Å². The lowest BCUT2D eigenvalue weighted by Crippen LogP contribution is -2.33. The van der Waals surface area contributed by atoms with E-state index in [-0.39, 0.29) is 11.6 Å². The summed E-state index contributed by atoms with van der Waals surface area (Å²) in [6, 6.07) is 13.8. The molecule has 25 heavy (non-hydrogen) atoms. The third-order valence-electron chi connectivity index (χ3n) is 4.93. The van der Waals surface area contributed by atoms with Gasteiger partial charge in [-0.15, -0.1) is 0 Å². The summed E-state index contributed by atoms with van der Waals surface area (Å²) < 4.78 is 6.19. The van der Waals surface area contributed by atoms with Gasteiger partial charge in [-0.3, -0.25) is 9.88 Å². The van der Waals surface area contributed by atoms with E-state index in [1.165, 1.54) is 0 Å². The molecule has 0 unspecified atom stereocenters. The van der Waals surface area contributed by atoms with Crippen LogP contribution in [0.15, 0.2) is 42.6 Å². The number of anilines is 1. The number of ether oxygens (including phenoxy) is 1. The fourth-order valence-corrected chi connectivity index (χ4v) is 3.79. The van der Waals surface area contributed by atoms with Gasteiger partial charge >= 0.3 is 0 Å². The van der Waals surface area contributed by atoms with Gasteiger partial charge in [0.05, 0.1) is 23.9 Å². The summed E-state index contributed by atoms with van der Waals surface area (Å²) >= 11 is 0. The number of pyridine rings is 2. The standard InChI is InChI=1S/C19H21N5O/c20-11-15-5-3-6-18(22-15)23-17-10-19(25-13-17)7-9-24(14-19)12-16-4-1-2-8-21-16/h1-6,8,17H,7,9-10,12-14H2,(H,22,23)/t17-,19+/m0/s1. The third kappa shape index (κ3) is 3.63. The fourth-order valence-electron chi connectivity index (χ4n) is 3.79. The second-order valence-electron chi connectivity index (χ2n) is 6.84. The first-order chi connectivity index (χ1) is 12.2. The molecule has 0 saturated carbocycles. The van der Waals surface area contributed by atoms with Crippen LogP contribution in [-0.2, 0) is 11.3 Å². The van der Waals surface area contributed by atoms with Crippen molar-refractivity contribution in [2.24, 2.45) is 0 Å². The molecule has 2 aromatic rings. The van der Waals surface area contributed by atoms with Crippen LogP contribution in [0.4, 0.5) is 5.82 Å². The molecule has 0 amide bonds. The van der Waals surface area contributed by atoms with Crippen molar-refractivity contribution in [2.45, 2.75) is 31.0 Å². The van der Waals surface area contributed by atoms with E-state index in [0.717, 1.165) is 44.0 Å². The zero-order chi connectivity index (χ0) is 17.1. The fraction of sp³-hybridized carbons (Fsp3) is 0.421. The van der Waals surface area contributed by atoms with Crippen molar-refractivity contribution in [3.63, 3.8) is 0 Å². The number of hydrogen-bond acceptors (Lipinski definition) is 6. The molecule has 0 bridgehead atoms. The van der Waals surface area contributed by atoms with Gasteiger partial charge in [0, 0.05) is 32.3 Å². The van der Waals surface area contributed by atoms with Crippen LogP contribution in [0, 0.1) is 11.3 Å². The van der Waals surface area contributed by atoms with Crippen molar-refractivity contribution < 1.29 is 4.74 Å². The Bertz CT molecular complexity index is 775. The third-order valence-corrected chi connectivity index (χ3v) is 4.93. The van der Waals surface area contributed by atoms with Gasteiger partial charge in [0.1, 0.15) is 17.6 Å². The van der Waals surface area contributed by atoms with Crippen LogP contribution in [0.3, 0.4) is 0 Å². The Morgan fingerprint density at radius 2 is 2.28 bits per heavy atom. The van der Waals surface area contributed by atoms with Crippen molar-refractivity contribution in [1.29, 1.82) is 5.26 Å². The van der Waals surface area contributed by atoms with Gasteiger partial charge in [0.2, 0.25) is 0 Å². The van der Waals surface area contributed by atoms with E-state index in [1.54, 1.807) is 6.07 Å². The second-order valence-corrected chi connectivity index (χ2v) is 6.84. The smallest absolute Gasteiger partial charge is 0.142 e. The predicted molar refractivity (Wildman–Crippen MR) is 93.8 cm³/mol. The van der Waals surface area contributed by atoms with Gasteiger partial charge in [-0.05, 0) is 30.7 Å². The molecule has 2 aliphatic rings. The quantitative estimate of drug-likeness (QED) is 0.923. The molecule has 128 valence electrons. The average Bonchev–Trinajstić information content (AvgIpc) is 3.22. The van der Waals surface area contributed by atoms with Gasteiger partial charge < -0.3 is 10.1 Å². The van der Waals surface area contributed by atoms with Crippen LogP contribution in [0.5, 0.6) is 0 Å². The topological polar surface area (TPSA) is 74.1 Å². The van der Waals surface area contributed by atoms with E-state index in [1.807, 2.05) is 30.5 Å². The Morgan fingerprint density at radius 1 is 1.32 bits per heavy atom. The average molecular weight is 335 g/mol. The Kier molecular flexibility index (Phi) is 4.35. The molecule has 2 saturated heterocycles. The minimum Gasteiger partial charge on any atom is -0.371 e. The summed E-state index contributed by atoms with van der Waals surface area (Å²) in [5.41, 5.74) is 1.46. The molecule has 0 aromatic carbocycles. The lowest BCUT2D eigenvalue weighted by molar-refractivity contribution is 0.0119. The first kappa shape index (κ1) is 16.0. The molecule has 0 radical (unpaired) electrons. The maximum Gasteiger partial charge on any atom is 0.142 e. The highest BCUT2D eigenvalue weighted by Crippen LogP contribution is 2.36. The summed E-state index contributed by atoms with van der Waals surface area (Å²) in [5.74, 6) is 0.744. The number of aromatic nitrogens is 2. The highest BCUT2D eigenvalue weighted by Gasteiger charge is 2.45. The van der Waals surface area contributed by atoms with Crippen LogP contribution in [-0.4, -0.2) is 46.2 Å². The van der Waals surface area contributed by atoms with E-state index in [9.17, 15) is 0 Å². The lowest BCUT2D eigenvalue weighted by Gasteiger charge is -2.23. The van der Waals surface area contributed by atoms with Crippen LogP contribution in [0.25, 0.3) is 0 Å². The normalized spacial score (nSPS) is 26.0. The van der Waals surface area contributed by atoms with Crippen molar-refractivity contribution in [3.05, 3.63) is 54.0 Å². The van der Waals surface area contributed by atoms with Crippen LogP contribution < -0.4 is 5.32 Å². The minimum atomic E-state index is -0.0702. The Balaban J connectivity index is 1.35. The number of nitrogens with one attached hydrogen (secondary N) is 1. The highest BCUT2D eigenvalue weighted by molar-refractivity contribution is 5.39. The minimum absolute atomic E-state index is 0.0702. The van der Waals surface area contributed by atoms with E-state index in [2.05, 4.69) is 32.3 Å². The first-order valence-corrected chi connectivity index (χ1v) is 8.65. The maximum absolute atomic E-state index is 8.97. The van der Waals surface area contributed by atoms with Crippen molar-refractivity contribution >= 4 is 5.82 Å². The van der Waals surface area contributed by atoms with Gasteiger partial charge in [0.15, 0.2) is 0 Å². The number of likely N-dealkylation sites (tertiary alicyclic amines) is 1. The summed E-state index contributed by atoms with van der Waals surface area (Å²) in [4.78, 5) is 11.1.